The summed E-state index contributed by atoms with van der Waals surface area (Å²) in [5, 5.41) is 25.3. The first-order valence-electron chi connectivity index (χ1n) is 24.4. The van der Waals surface area contributed by atoms with Gasteiger partial charge in [-0.05, 0) is 124 Å². The minimum Gasteiger partial charge on any atom is -0.507 e. The van der Waals surface area contributed by atoms with Crippen LogP contribution < -0.4 is 18.9 Å². The van der Waals surface area contributed by atoms with E-state index in [0.717, 1.165) is 101 Å². The minimum atomic E-state index is -0.210. The lowest BCUT2D eigenvalue weighted by atomic mass is 9.79. The maximum atomic E-state index is 12.7. The molecule has 1 aliphatic carbocycles. The Morgan fingerprint density at radius 1 is 0.338 bits per heavy atom. The number of fused-ring (bicyclic) bond motifs is 6. The lowest BCUT2D eigenvalue weighted by Gasteiger charge is -2.28. The third kappa shape index (κ3) is 11.1. The number of phenolic OH excluding ortho intramolecular Hbond substituents is 2. The molecule has 2 N–H and O–H groups in total. The molecule has 0 unspecified atom stereocenters. The molecule has 0 radical (unpaired) electrons. The van der Waals surface area contributed by atoms with Crippen LogP contribution in [0.2, 0.25) is 0 Å². The van der Waals surface area contributed by atoms with Gasteiger partial charge in [0.05, 0.1) is 0 Å². The van der Waals surface area contributed by atoms with Gasteiger partial charge in [-0.25, -0.2) is 0 Å². The average Bonchev–Trinajstić information content (AvgIpc) is 3.25. The standard InChI is InChI=1S/C62H72O6/c1-59(2,3)49-31-41-27-45-35-51(61(7,8)9)37-47-29-43-33-50(60(4,5)6)34-44(56(43)64)30-48-38-52(62(10,11)12)36-46(28-42(32-49)55(41)63)58(48)68-24-22-66-54-18-14-16-40(26-54)20-19-39-15-13-17-53(25-39)65-21-23-67-57(45)47/h13-20,25-26,31-38,63-64H,21-24,27-30H2,1-12H3. The van der Waals surface area contributed by atoms with Gasteiger partial charge in [0, 0.05) is 25.7 Å². The topological polar surface area (TPSA) is 77.4 Å². The molecule has 2 heterocycles. The summed E-state index contributed by atoms with van der Waals surface area (Å²) < 4.78 is 26.7. The van der Waals surface area contributed by atoms with Crippen LogP contribution in [0.25, 0.3) is 12.2 Å². The van der Waals surface area contributed by atoms with Crippen LogP contribution in [-0.4, -0.2) is 36.6 Å². The molecule has 9 rings (SSSR count). The largest absolute Gasteiger partial charge is 0.507 e. The van der Waals surface area contributed by atoms with Crippen molar-refractivity contribution in [3.63, 3.8) is 0 Å². The summed E-state index contributed by atoms with van der Waals surface area (Å²) in [6, 6.07) is 33.9. The molecular weight excluding hydrogens is 841 g/mol. The van der Waals surface area contributed by atoms with E-state index in [1.807, 2.05) is 36.4 Å². The van der Waals surface area contributed by atoms with Crippen LogP contribution in [-0.2, 0) is 47.3 Å². The van der Waals surface area contributed by atoms with Crippen LogP contribution in [0.4, 0.5) is 0 Å². The Kier molecular flexibility index (Phi) is 13.3. The fourth-order valence-electron chi connectivity index (χ4n) is 9.23. The number of benzene rings is 6. The number of rotatable bonds is 0. The molecule has 0 saturated heterocycles. The summed E-state index contributed by atoms with van der Waals surface area (Å²) in [6.45, 7) is 28.0. The Morgan fingerprint density at radius 3 is 0.882 bits per heavy atom. The molecular formula is C62H72O6. The Bertz CT molecular complexity index is 2560. The number of phenols is 2. The molecule has 356 valence electrons. The molecule has 0 atom stereocenters. The average molecular weight is 913 g/mol. The van der Waals surface area contributed by atoms with Gasteiger partial charge in [0.1, 0.15) is 60.9 Å². The van der Waals surface area contributed by atoms with Crippen LogP contribution in [0.1, 0.15) is 161 Å². The van der Waals surface area contributed by atoms with Gasteiger partial charge in [-0.15, -0.1) is 0 Å². The second-order valence-electron chi connectivity index (χ2n) is 23.1. The summed E-state index contributed by atoms with van der Waals surface area (Å²) >= 11 is 0. The molecule has 3 aliphatic rings. The summed E-state index contributed by atoms with van der Waals surface area (Å²) in [6.07, 6.45) is 5.88. The first kappa shape index (κ1) is 48.3. The Hall–Kier alpha value is -6.14. The highest BCUT2D eigenvalue weighted by Gasteiger charge is 2.29. The zero-order valence-electron chi connectivity index (χ0n) is 42.6. The Labute approximate surface area is 406 Å². The molecule has 6 aromatic rings. The highest BCUT2D eigenvalue weighted by atomic mass is 16.5. The molecule has 6 nitrogen and oxygen atoms in total. The monoisotopic (exact) mass is 913 g/mol. The van der Waals surface area contributed by atoms with E-state index in [2.05, 4.69) is 156 Å². The third-order valence-corrected chi connectivity index (χ3v) is 13.4. The highest BCUT2D eigenvalue weighted by molar-refractivity contribution is 5.71. The van der Waals surface area contributed by atoms with Gasteiger partial charge in [-0.2, -0.15) is 0 Å². The van der Waals surface area contributed by atoms with Crippen molar-refractivity contribution < 1.29 is 29.2 Å². The van der Waals surface area contributed by atoms with Crippen molar-refractivity contribution in [2.45, 2.75) is 130 Å². The molecule has 6 heteroatoms. The van der Waals surface area contributed by atoms with Crippen molar-refractivity contribution >= 4 is 12.2 Å². The molecule has 68 heavy (non-hydrogen) atoms. The molecule has 0 amide bonds. The van der Waals surface area contributed by atoms with E-state index in [4.69, 9.17) is 18.9 Å². The zero-order chi connectivity index (χ0) is 48.8. The van der Waals surface area contributed by atoms with E-state index in [9.17, 15) is 10.2 Å². The lowest BCUT2D eigenvalue weighted by molar-refractivity contribution is 0.214. The van der Waals surface area contributed by atoms with E-state index in [1.54, 1.807) is 0 Å². The molecule has 14 bridgehead atoms. The van der Waals surface area contributed by atoms with Crippen molar-refractivity contribution in [1.29, 1.82) is 0 Å². The Morgan fingerprint density at radius 2 is 0.603 bits per heavy atom. The maximum Gasteiger partial charge on any atom is 0.126 e. The first-order valence-corrected chi connectivity index (χ1v) is 24.4. The maximum absolute atomic E-state index is 12.7. The highest BCUT2D eigenvalue weighted by Crippen LogP contribution is 2.44. The van der Waals surface area contributed by atoms with Crippen molar-refractivity contribution in [1.82, 2.24) is 0 Å². The zero-order valence-corrected chi connectivity index (χ0v) is 42.6. The summed E-state index contributed by atoms with van der Waals surface area (Å²) in [7, 11) is 0. The third-order valence-electron chi connectivity index (χ3n) is 13.4. The van der Waals surface area contributed by atoms with Crippen LogP contribution in [0.15, 0.2) is 97.1 Å². The van der Waals surface area contributed by atoms with Gasteiger partial charge in [0.15, 0.2) is 0 Å². The summed E-state index contributed by atoms with van der Waals surface area (Å²) in [5.74, 6) is 3.55. The van der Waals surface area contributed by atoms with E-state index in [0.29, 0.717) is 38.9 Å². The summed E-state index contributed by atoms with van der Waals surface area (Å²) in [5.41, 5.74) is 13.0. The molecule has 2 aliphatic heterocycles. The van der Waals surface area contributed by atoms with E-state index in [-0.39, 0.29) is 46.4 Å². The van der Waals surface area contributed by atoms with Gasteiger partial charge in [0.25, 0.3) is 0 Å². The second kappa shape index (κ2) is 18.7. The molecule has 0 aromatic heterocycles. The van der Waals surface area contributed by atoms with Gasteiger partial charge in [-0.3, -0.25) is 0 Å². The Balaban J connectivity index is 1.41. The quantitative estimate of drug-likeness (QED) is 0.158. The van der Waals surface area contributed by atoms with Crippen molar-refractivity contribution in [2.24, 2.45) is 0 Å². The number of hydrogen-bond donors (Lipinski definition) is 2. The number of hydrogen-bond acceptors (Lipinski definition) is 6. The molecule has 6 aromatic carbocycles. The van der Waals surface area contributed by atoms with Crippen molar-refractivity contribution in [3.05, 3.63) is 175 Å². The smallest absolute Gasteiger partial charge is 0.126 e. The van der Waals surface area contributed by atoms with E-state index < -0.39 is 0 Å². The lowest BCUT2D eigenvalue weighted by Crippen LogP contribution is -2.18. The fourth-order valence-corrected chi connectivity index (χ4v) is 9.23. The SMILES string of the molecule is CC(C)(C)c1cc2c(O)c(c1)Cc1cc(C(C)(C)C)cc3c1OCCOc1cccc(c1)C=Cc1cccc(c1)OCCOc1c(cc(C(C)(C)C)cc1Cc1cc(C(C)(C)C)cc(c1O)C3)C2. The predicted molar refractivity (Wildman–Crippen MR) is 279 cm³/mol. The van der Waals surface area contributed by atoms with Crippen molar-refractivity contribution in [3.8, 4) is 34.5 Å². The number of ether oxygens (including phenoxy) is 4. The van der Waals surface area contributed by atoms with Gasteiger partial charge >= 0.3 is 0 Å². The first-order chi connectivity index (χ1) is 32.0. The molecule has 0 fully saturated rings. The van der Waals surface area contributed by atoms with E-state index >= 15 is 0 Å². The number of aromatic hydroxyl groups is 2. The predicted octanol–water partition coefficient (Wildman–Crippen LogP) is 14.4. The van der Waals surface area contributed by atoms with Gasteiger partial charge in [-0.1, -0.05) is 168 Å². The molecule has 0 spiro atoms. The van der Waals surface area contributed by atoms with Crippen LogP contribution in [0.3, 0.4) is 0 Å². The van der Waals surface area contributed by atoms with Crippen LogP contribution in [0, 0.1) is 0 Å². The fraction of sp³-hybridized carbons (Fsp3) is 0.387. The van der Waals surface area contributed by atoms with Crippen LogP contribution in [0.5, 0.6) is 34.5 Å². The molecule has 0 saturated carbocycles. The van der Waals surface area contributed by atoms with Gasteiger partial charge < -0.3 is 29.2 Å². The van der Waals surface area contributed by atoms with Gasteiger partial charge in [0.2, 0.25) is 0 Å². The van der Waals surface area contributed by atoms with E-state index in [1.165, 1.54) is 0 Å². The normalized spacial score (nSPS) is 14.8. The van der Waals surface area contributed by atoms with Crippen molar-refractivity contribution in [2.75, 3.05) is 26.4 Å². The minimum absolute atomic E-state index is 0.205. The van der Waals surface area contributed by atoms with Crippen LogP contribution >= 0.6 is 0 Å². The second-order valence-corrected chi connectivity index (χ2v) is 23.1. The summed E-state index contributed by atoms with van der Waals surface area (Å²) in [4.78, 5) is 0.